The van der Waals surface area contributed by atoms with Crippen molar-refractivity contribution in [3.8, 4) is 0 Å². The molecule has 6 heteroatoms. The summed E-state index contributed by atoms with van der Waals surface area (Å²) in [6.07, 6.45) is 6.77. The summed E-state index contributed by atoms with van der Waals surface area (Å²) in [4.78, 5) is 37.2. The van der Waals surface area contributed by atoms with Crippen LogP contribution in [0.15, 0.2) is 42.0 Å². The first-order chi connectivity index (χ1) is 16.7. The summed E-state index contributed by atoms with van der Waals surface area (Å²) in [7, 11) is 1.42. The highest BCUT2D eigenvalue weighted by atomic mass is 16.6. The van der Waals surface area contributed by atoms with E-state index in [9.17, 15) is 14.4 Å². The van der Waals surface area contributed by atoms with Gasteiger partial charge in [0.15, 0.2) is 0 Å². The Morgan fingerprint density at radius 3 is 2.63 bits per heavy atom. The van der Waals surface area contributed by atoms with Gasteiger partial charge in [-0.15, -0.1) is 0 Å². The maximum Gasteiger partial charge on any atom is 0.334 e. The van der Waals surface area contributed by atoms with Gasteiger partial charge in [0.1, 0.15) is 6.10 Å². The van der Waals surface area contributed by atoms with Crippen molar-refractivity contribution in [3.63, 3.8) is 0 Å². The van der Waals surface area contributed by atoms with Crippen LogP contribution in [0.25, 0.3) is 0 Å². The predicted octanol–water partition coefficient (Wildman–Crippen LogP) is 5.05. The number of carbonyl (C=O) groups is 3. The van der Waals surface area contributed by atoms with E-state index in [1.165, 1.54) is 7.11 Å². The van der Waals surface area contributed by atoms with Crippen molar-refractivity contribution in [2.45, 2.75) is 71.8 Å². The smallest absolute Gasteiger partial charge is 0.334 e. The van der Waals surface area contributed by atoms with Crippen molar-refractivity contribution >= 4 is 17.9 Å². The molecule has 35 heavy (non-hydrogen) atoms. The monoisotopic (exact) mass is 482 g/mol. The van der Waals surface area contributed by atoms with Crippen LogP contribution in [0.4, 0.5) is 0 Å². The lowest BCUT2D eigenvalue weighted by Gasteiger charge is -2.57. The van der Waals surface area contributed by atoms with Crippen molar-refractivity contribution < 1.29 is 28.6 Å². The van der Waals surface area contributed by atoms with Crippen LogP contribution in [-0.4, -0.2) is 37.7 Å². The van der Waals surface area contributed by atoms with Crippen LogP contribution < -0.4 is 0 Å². The molecule has 6 nitrogen and oxygen atoms in total. The highest BCUT2D eigenvalue weighted by Gasteiger charge is 2.65. The van der Waals surface area contributed by atoms with Crippen molar-refractivity contribution in [1.29, 1.82) is 0 Å². The van der Waals surface area contributed by atoms with Gasteiger partial charge in [-0.3, -0.25) is 9.59 Å². The zero-order chi connectivity index (χ0) is 25.2. The number of carbonyl (C=O) groups excluding carboxylic acids is 3. The van der Waals surface area contributed by atoms with Crippen LogP contribution in [-0.2, 0) is 35.0 Å². The van der Waals surface area contributed by atoms with E-state index in [2.05, 4.69) is 26.8 Å². The van der Waals surface area contributed by atoms with Crippen LogP contribution in [0.3, 0.4) is 0 Å². The normalized spacial score (nSPS) is 32.2. The zero-order valence-electron chi connectivity index (χ0n) is 21.4. The first kappa shape index (κ1) is 25.5. The quantitative estimate of drug-likeness (QED) is 0.362. The van der Waals surface area contributed by atoms with Gasteiger partial charge in [0, 0.05) is 23.3 Å². The van der Waals surface area contributed by atoms with Crippen molar-refractivity contribution in [2.24, 2.45) is 28.6 Å². The van der Waals surface area contributed by atoms with E-state index in [0.29, 0.717) is 19.4 Å². The van der Waals surface area contributed by atoms with E-state index in [0.717, 1.165) is 36.8 Å². The van der Waals surface area contributed by atoms with E-state index in [1.54, 1.807) is 0 Å². The number of ether oxygens (including phenoxy) is 3. The maximum atomic E-state index is 12.7. The summed E-state index contributed by atoms with van der Waals surface area (Å²) >= 11 is 0. The SMILES string of the molecule is COC(=O)CC(C)CCC1(C)C(COC(=O)Cc2ccccc2)CC2OC(=O)C3=CCCC1C32C. The Morgan fingerprint density at radius 1 is 1.17 bits per heavy atom. The van der Waals surface area contributed by atoms with Crippen LogP contribution in [0.2, 0.25) is 0 Å². The summed E-state index contributed by atoms with van der Waals surface area (Å²) in [5, 5.41) is 0. The van der Waals surface area contributed by atoms with E-state index in [-0.39, 0.29) is 59.0 Å². The Kier molecular flexibility index (Phi) is 7.39. The molecule has 0 bridgehead atoms. The molecule has 190 valence electrons. The molecule has 2 fully saturated rings. The fourth-order valence-electron chi connectivity index (χ4n) is 6.91. The molecule has 1 aromatic carbocycles. The lowest BCUT2D eigenvalue weighted by Crippen LogP contribution is -2.56. The second-order valence-corrected chi connectivity index (χ2v) is 11.1. The second-order valence-electron chi connectivity index (χ2n) is 11.1. The number of rotatable bonds is 9. The van der Waals surface area contributed by atoms with Crippen molar-refractivity contribution in [3.05, 3.63) is 47.5 Å². The summed E-state index contributed by atoms with van der Waals surface area (Å²) in [6.45, 7) is 6.88. The van der Waals surface area contributed by atoms with E-state index in [4.69, 9.17) is 14.2 Å². The highest BCUT2D eigenvalue weighted by Crippen LogP contribution is 2.65. The van der Waals surface area contributed by atoms with Crippen molar-refractivity contribution in [1.82, 2.24) is 0 Å². The number of hydrogen-bond donors (Lipinski definition) is 0. The Hall–Kier alpha value is -2.63. The van der Waals surface area contributed by atoms with Gasteiger partial charge in [-0.05, 0) is 54.9 Å². The van der Waals surface area contributed by atoms with Gasteiger partial charge < -0.3 is 14.2 Å². The number of hydrogen-bond acceptors (Lipinski definition) is 6. The van der Waals surface area contributed by atoms with Crippen LogP contribution in [0, 0.1) is 28.6 Å². The average molecular weight is 483 g/mol. The van der Waals surface area contributed by atoms with Crippen LogP contribution in [0.1, 0.15) is 64.9 Å². The highest BCUT2D eigenvalue weighted by molar-refractivity contribution is 5.93. The number of esters is 3. The minimum absolute atomic E-state index is 0.0703. The Bertz CT molecular complexity index is 984. The first-order valence-electron chi connectivity index (χ1n) is 12.9. The fourth-order valence-corrected chi connectivity index (χ4v) is 6.91. The molecule has 6 atom stereocenters. The molecule has 4 rings (SSSR count). The molecule has 1 heterocycles. The summed E-state index contributed by atoms with van der Waals surface area (Å²) in [6, 6.07) is 9.61. The van der Waals surface area contributed by atoms with E-state index in [1.807, 2.05) is 30.3 Å². The number of benzene rings is 1. The molecule has 0 aromatic heterocycles. The molecule has 2 aliphatic carbocycles. The molecule has 1 saturated carbocycles. The summed E-state index contributed by atoms with van der Waals surface area (Å²) in [5.74, 6) is -0.123. The third-order valence-electron chi connectivity index (χ3n) is 9.03. The fraction of sp³-hybridized carbons (Fsp3) is 0.621. The summed E-state index contributed by atoms with van der Waals surface area (Å²) in [5.41, 5.74) is 1.28. The standard InChI is InChI=1S/C29H38O6/c1-19(15-25(30)33-4)13-14-28(2)21(18-34-26(31)16-20-9-6-5-7-10-20)17-24-29(3)22(27(32)35-24)11-8-12-23(28)29/h5-7,9-11,19,21,23-24H,8,12-18H2,1-4H3. The third kappa shape index (κ3) is 4.89. The number of methoxy groups -OCH3 is 1. The van der Waals surface area contributed by atoms with E-state index >= 15 is 0 Å². The average Bonchev–Trinajstić information content (AvgIpc) is 3.09. The molecule has 6 unspecified atom stereocenters. The van der Waals surface area contributed by atoms with Gasteiger partial charge in [0.2, 0.25) is 0 Å². The van der Waals surface area contributed by atoms with E-state index < -0.39 is 0 Å². The molecule has 1 saturated heterocycles. The minimum Gasteiger partial charge on any atom is -0.469 e. The van der Waals surface area contributed by atoms with Gasteiger partial charge in [0.25, 0.3) is 0 Å². The largest absolute Gasteiger partial charge is 0.469 e. The molecule has 1 aliphatic heterocycles. The molecule has 1 aromatic rings. The predicted molar refractivity (Wildman–Crippen MR) is 131 cm³/mol. The molecular formula is C29H38O6. The molecular weight excluding hydrogens is 444 g/mol. The molecule has 3 aliphatic rings. The zero-order valence-corrected chi connectivity index (χ0v) is 21.4. The Balaban J connectivity index is 1.53. The first-order valence-corrected chi connectivity index (χ1v) is 12.9. The lowest BCUT2D eigenvalue weighted by molar-refractivity contribution is -0.163. The molecule has 0 N–H and O–H groups in total. The molecule has 0 amide bonds. The van der Waals surface area contributed by atoms with Gasteiger partial charge >= 0.3 is 17.9 Å². The van der Waals surface area contributed by atoms with Gasteiger partial charge in [-0.2, -0.15) is 0 Å². The Morgan fingerprint density at radius 2 is 1.91 bits per heavy atom. The topological polar surface area (TPSA) is 78.9 Å². The Labute approximate surface area is 208 Å². The lowest BCUT2D eigenvalue weighted by atomic mass is 9.46. The van der Waals surface area contributed by atoms with Crippen LogP contribution >= 0.6 is 0 Å². The van der Waals surface area contributed by atoms with Crippen molar-refractivity contribution in [2.75, 3.05) is 13.7 Å². The van der Waals surface area contributed by atoms with Gasteiger partial charge in [0.05, 0.1) is 20.1 Å². The molecule has 0 spiro atoms. The maximum absolute atomic E-state index is 12.7. The third-order valence-corrected chi connectivity index (χ3v) is 9.03. The number of allylic oxidation sites excluding steroid dienone is 1. The summed E-state index contributed by atoms with van der Waals surface area (Å²) < 4.78 is 16.6. The molecule has 0 radical (unpaired) electrons. The van der Waals surface area contributed by atoms with Gasteiger partial charge in [-0.25, -0.2) is 4.79 Å². The van der Waals surface area contributed by atoms with Gasteiger partial charge in [-0.1, -0.05) is 57.2 Å². The van der Waals surface area contributed by atoms with Crippen LogP contribution in [0.5, 0.6) is 0 Å². The second kappa shape index (κ2) is 10.2. The minimum atomic E-state index is -0.319.